The maximum atomic E-state index is 12.7. The van der Waals surface area contributed by atoms with E-state index in [4.69, 9.17) is 10.5 Å². The summed E-state index contributed by atoms with van der Waals surface area (Å²) in [6, 6.07) is 11.5. The van der Waals surface area contributed by atoms with E-state index in [1.54, 1.807) is 18.5 Å². The van der Waals surface area contributed by atoms with Crippen LogP contribution in [0.3, 0.4) is 0 Å². The molecule has 0 aliphatic carbocycles. The smallest absolute Gasteiger partial charge is 0.214 e. The Balaban J connectivity index is 1.88. The van der Waals surface area contributed by atoms with E-state index < -0.39 is 6.10 Å². The van der Waals surface area contributed by atoms with Crippen molar-refractivity contribution in [3.8, 4) is 0 Å². The van der Waals surface area contributed by atoms with Crippen molar-refractivity contribution in [3.05, 3.63) is 71.4 Å². The zero-order valence-electron chi connectivity index (χ0n) is 12.9. The van der Waals surface area contributed by atoms with Gasteiger partial charge in [0.2, 0.25) is 5.78 Å². The van der Waals surface area contributed by atoms with E-state index in [1.807, 2.05) is 36.0 Å². The average molecular weight is 326 g/mol. The predicted molar refractivity (Wildman–Crippen MR) is 92.5 cm³/mol. The van der Waals surface area contributed by atoms with Crippen LogP contribution in [0.15, 0.2) is 54.7 Å². The maximum absolute atomic E-state index is 12.7. The number of ether oxygens (including phenoxy) is 1. The number of rotatable bonds is 5. The highest BCUT2D eigenvalue weighted by atomic mass is 32.2. The molecule has 118 valence electrons. The molecule has 0 fully saturated rings. The monoisotopic (exact) mass is 326 g/mol. The molecule has 0 saturated carbocycles. The summed E-state index contributed by atoms with van der Waals surface area (Å²) in [6.07, 6.45) is 2.59. The van der Waals surface area contributed by atoms with E-state index in [-0.39, 0.29) is 11.7 Å². The topological polar surface area (TPSA) is 65.2 Å². The molecule has 0 spiro atoms. The lowest BCUT2D eigenvalue weighted by molar-refractivity contribution is -0.120. The van der Waals surface area contributed by atoms with Crippen molar-refractivity contribution in [2.24, 2.45) is 5.73 Å². The van der Waals surface area contributed by atoms with Crippen LogP contribution < -0.4 is 5.73 Å². The number of aromatic nitrogens is 1. The van der Waals surface area contributed by atoms with E-state index in [0.29, 0.717) is 11.1 Å². The minimum absolute atomic E-state index is 0.115. The van der Waals surface area contributed by atoms with Gasteiger partial charge in [0, 0.05) is 23.7 Å². The first kappa shape index (κ1) is 15.6. The van der Waals surface area contributed by atoms with Gasteiger partial charge in [0.05, 0.1) is 5.57 Å². The summed E-state index contributed by atoms with van der Waals surface area (Å²) >= 11 is 1.84. The zero-order valence-corrected chi connectivity index (χ0v) is 13.7. The van der Waals surface area contributed by atoms with Crippen molar-refractivity contribution in [2.75, 3.05) is 5.75 Å². The Morgan fingerprint density at radius 2 is 2.17 bits per heavy atom. The molecule has 2 heterocycles. The molecule has 0 radical (unpaired) electrons. The number of benzene rings is 1. The molecular weight excluding hydrogens is 308 g/mol. The van der Waals surface area contributed by atoms with E-state index in [0.717, 1.165) is 17.1 Å². The van der Waals surface area contributed by atoms with E-state index in [9.17, 15) is 4.79 Å². The number of hydrogen-bond acceptors (Lipinski definition) is 5. The van der Waals surface area contributed by atoms with Crippen molar-refractivity contribution >= 4 is 23.1 Å². The third kappa shape index (κ3) is 3.24. The van der Waals surface area contributed by atoms with Gasteiger partial charge in [0.25, 0.3) is 0 Å². The van der Waals surface area contributed by atoms with E-state index in [1.165, 1.54) is 5.56 Å². The number of carbonyl (C=O) groups is 1. The summed E-state index contributed by atoms with van der Waals surface area (Å²) in [5.41, 5.74) is 9.15. The molecule has 1 aliphatic heterocycles. The van der Waals surface area contributed by atoms with Gasteiger partial charge in [-0.1, -0.05) is 31.2 Å². The zero-order chi connectivity index (χ0) is 16.2. The lowest BCUT2D eigenvalue weighted by Crippen LogP contribution is -2.09. The number of thioether (sulfide) groups is 1. The van der Waals surface area contributed by atoms with Crippen LogP contribution in [0, 0.1) is 0 Å². The van der Waals surface area contributed by atoms with Crippen LogP contribution in [0.25, 0.3) is 5.57 Å². The van der Waals surface area contributed by atoms with Gasteiger partial charge in [-0.3, -0.25) is 9.78 Å². The summed E-state index contributed by atoms with van der Waals surface area (Å²) in [4.78, 5) is 16.8. The molecule has 1 aliphatic rings. The van der Waals surface area contributed by atoms with E-state index in [2.05, 4.69) is 18.0 Å². The average Bonchev–Trinajstić information content (AvgIpc) is 2.88. The van der Waals surface area contributed by atoms with Crippen LogP contribution in [-0.4, -0.2) is 16.5 Å². The number of Topliss-reactive ketones (excluding diaryl/α,β-unsaturated/α-hetero) is 1. The van der Waals surface area contributed by atoms with Gasteiger partial charge >= 0.3 is 0 Å². The number of ketones is 1. The Morgan fingerprint density at radius 3 is 2.91 bits per heavy atom. The van der Waals surface area contributed by atoms with Gasteiger partial charge in [-0.05, 0) is 29.0 Å². The molecule has 1 atom stereocenters. The van der Waals surface area contributed by atoms with Crippen molar-refractivity contribution < 1.29 is 9.53 Å². The number of hydrogen-bond donors (Lipinski definition) is 1. The van der Waals surface area contributed by atoms with Crippen molar-refractivity contribution in [1.29, 1.82) is 0 Å². The molecule has 2 aromatic rings. The molecule has 0 bridgehead atoms. The summed E-state index contributed by atoms with van der Waals surface area (Å²) in [5.74, 6) is 2.04. The minimum Gasteiger partial charge on any atom is -0.462 e. The fourth-order valence-electron chi connectivity index (χ4n) is 2.56. The van der Waals surface area contributed by atoms with Crippen LogP contribution in [0.5, 0.6) is 0 Å². The molecule has 23 heavy (non-hydrogen) atoms. The van der Waals surface area contributed by atoms with Gasteiger partial charge in [-0.25, -0.2) is 0 Å². The largest absolute Gasteiger partial charge is 0.462 e. The first-order valence-electron chi connectivity index (χ1n) is 7.48. The first-order chi connectivity index (χ1) is 11.2. The lowest BCUT2D eigenvalue weighted by atomic mass is 9.97. The Morgan fingerprint density at radius 1 is 1.30 bits per heavy atom. The van der Waals surface area contributed by atoms with Crippen LogP contribution in [0.4, 0.5) is 0 Å². The molecule has 1 aromatic heterocycles. The van der Waals surface area contributed by atoms with Gasteiger partial charge in [-0.15, -0.1) is 0 Å². The van der Waals surface area contributed by atoms with E-state index >= 15 is 0 Å². The standard InChI is InChI=1S/C18H18N2O2S/c1-2-23-11-12-5-3-6-13(9-12)15-16(21)17(22-18(15)19)14-7-4-8-20-10-14/h3-10,17H,2,11,19H2,1H3. The van der Waals surface area contributed by atoms with Crippen LogP contribution >= 0.6 is 11.8 Å². The number of nitrogens with zero attached hydrogens (tertiary/aromatic N) is 1. The van der Waals surface area contributed by atoms with Crippen molar-refractivity contribution in [3.63, 3.8) is 0 Å². The second-order valence-electron chi connectivity index (χ2n) is 5.23. The summed E-state index contributed by atoms with van der Waals surface area (Å²) in [5, 5.41) is 0. The molecule has 4 nitrogen and oxygen atoms in total. The molecule has 0 saturated heterocycles. The molecule has 2 N–H and O–H groups in total. The summed E-state index contributed by atoms with van der Waals surface area (Å²) in [7, 11) is 0. The predicted octanol–water partition coefficient (Wildman–Crippen LogP) is 3.30. The fourth-order valence-corrected chi connectivity index (χ4v) is 3.18. The SMILES string of the molecule is CCSCc1cccc(C2=C(N)OC(c3cccnc3)C2=O)c1. The summed E-state index contributed by atoms with van der Waals surface area (Å²) in [6.45, 7) is 2.13. The van der Waals surface area contributed by atoms with Gasteiger partial charge in [-0.2, -0.15) is 11.8 Å². The highest BCUT2D eigenvalue weighted by molar-refractivity contribution is 7.98. The molecule has 1 aromatic carbocycles. The van der Waals surface area contributed by atoms with Gasteiger partial charge in [0.15, 0.2) is 12.0 Å². The third-order valence-electron chi connectivity index (χ3n) is 3.65. The molecular formula is C18H18N2O2S. The minimum atomic E-state index is -0.702. The van der Waals surface area contributed by atoms with Crippen LogP contribution in [0.1, 0.15) is 29.7 Å². The van der Waals surface area contributed by atoms with Crippen molar-refractivity contribution in [1.82, 2.24) is 4.98 Å². The first-order valence-corrected chi connectivity index (χ1v) is 8.63. The lowest BCUT2D eigenvalue weighted by Gasteiger charge is -2.09. The molecule has 0 amide bonds. The van der Waals surface area contributed by atoms with Crippen LogP contribution in [0.2, 0.25) is 0 Å². The number of carbonyl (C=O) groups excluding carboxylic acids is 1. The quantitative estimate of drug-likeness (QED) is 0.913. The van der Waals surface area contributed by atoms with Gasteiger partial charge in [0.1, 0.15) is 0 Å². The molecule has 1 unspecified atom stereocenters. The number of nitrogens with two attached hydrogens (primary N) is 1. The third-order valence-corrected chi connectivity index (χ3v) is 4.60. The Kier molecular flexibility index (Phi) is 4.67. The highest BCUT2D eigenvalue weighted by Crippen LogP contribution is 2.36. The Bertz CT molecular complexity index is 744. The second-order valence-corrected chi connectivity index (χ2v) is 6.50. The Hall–Kier alpha value is -2.27. The number of pyridine rings is 1. The normalized spacial score (nSPS) is 17.4. The van der Waals surface area contributed by atoms with Gasteiger partial charge < -0.3 is 10.5 Å². The fraction of sp³-hybridized carbons (Fsp3) is 0.222. The second kappa shape index (κ2) is 6.87. The summed E-state index contributed by atoms with van der Waals surface area (Å²) < 4.78 is 5.61. The highest BCUT2D eigenvalue weighted by Gasteiger charge is 2.36. The maximum Gasteiger partial charge on any atom is 0.214 e. The molecule has 5 heteroatoms. The van der Waals surface area contributed by atoms with Crippen molar-refractivity contribution in [2.45, 2.75) is 18.8 Å². The molecule has 3 rings (SSSR count). The Labute approximate surface area is 139 Å². The van der Waals surface area contributed by atoms with Crippen LogP contribution in [-0.2, 0) is 15.3 Å².